The van der Waals surface area contributed by atoms with Crippen molar-refractivity contribution >= 4 is 0 Å². The molecular weight excluding hydrogens is 322 g/mol. The molecule has 26 heavy (non-hydrogen) atoms. The fourth-order valence-corrected chi connectivity index (χ4v) is 3.74. The average Bonchev–Trinajstić information content (AvgIpc) is 3.33. The van der Waals surface area contributed by atoms with E-state index in [4.69, 9.17) is 0 Å². The Kier molecular flexibility index (Phi) is 5.45. The third-order valence-corrected chi connectivity index (χ3v) is 5.15. The van der Waals surface area contributed by atoms with Crippen LogP contribution in [0.4, 0.5) is 0 Å². The molecule has 0 spiro atoms. The van der Waals surface area contributed by atoms with Crippen molar-refractivity contribution in [2.24, 2.45) is 0 Å². The molecule has 0 aliphatic carbocycles. The van der Waals surface area contributed by atoms with Crippen LogP contribution in [0.1, 0.15) is 31.2 Å². The molecule has 0 amide bonds. The van der Waals surface area contributed by atoms with E-state index >= 15 is 0 Å². The Morgan fingerprint density at radius 2 is 1.77 bits per heavy atom. The van der Waals surface area contributed by atoms with E-state index in [0.29, 0.717) is 0 Å². The van der Waals surface area contributed by atoms with E-state index in [1.54, 1.807) is 0 Å². The highest BCUT2D eigenvalue weighted by atomic mass is 15.3. The minimum Gasteiger partial charge on any atom is -0.330 e. The van der Waals surface area contributed by atoms with Crippen LogP contribution in [0.5, 0.6) is 0 Å². The lowest BCUT2D eigenvalue weighted by molar-refractivity contribution is 0.223. The molecule has 0 atom stereocenters. The molecule has 2 aromatic heterocycles. The molecule has 1 aliphatic heterocycles. The van der Waals surface area contributed by atoms with Crippen molar-refractivity contribution in [3.63, 3.8) is 0 Å². The summed E-state index contributed by atoms with van der Waals surface area (Å²) in [5.41, 5.74) is 3.55. The van der Waals surface area contributed by atoms with Gasteiger partial charge in [-0.3, -0.25) is 4.68 Å². The summed E-state index contributed by atoms with van der Waals surface area (Å²) in [6.07, 6.45) is 13.2. The van der Waals surface area contributed by atoms with Crippen LogP contribution in [0.3, 0.4) is 0 Å². The van der Waals surface area contributed by atoms with E-state index in [9.17, 15) is 0 Å². The van der Waals surface area contributed by atoms with Gasteiger partial charge in [0.2, 0.25) is 0 Å². The maximum absolute atomic E-state index is 4.53. The number of aryl methyl sites for hydroxylation is 1. The number of imidazole rings is 1. The molecule has 0 saturated carbocycles. The van der Waals surface area contributed by atoms with Crippen LogP contribution in [0, 0.1) is 0 Å². The molecule has 0 unspecified atom stereocenters. The average molecular weight is 349 g/mol. The summed E-state index contributed by atoms with van der Waals surface area (Å²) < 4.78 is 4.25. The van der Waals surface area contributed by atoms with Gasteiger partial charge < -0.3 is 9.47 Å². The van der Waals surface area contributed by atoms with Crippen LogP contribution >= 0.6 is 0 Å². The predicted octanol–water partition coefficient (Wildman–Crippen LogP) is 3.67. The quantitative estimate of drug-likeness (QED) is 0.653. The Bertz CT molecular complexity index is 799. The predicted molar refractivity (Wildman–Crippen MR) is 104 cm³/mol. The number of rotatable bonds is 7. The van der Waals surface area contributed by atoms with Gasteiger partial charge in [0, 0.05) is 18.3 Å². The lowest BCUT2D eigenvalue weighted by Crippen LogP contribution is -2.31. The van der Waals surface area contributed by atoms with Gasteiger partial charge in [-0.25, -0.2) is 4.98 Å². The second-order valence-electron chi connectivity index (χ2n) is 7.14. The maximum atomic E-state index is 4.53. The van der Waals surface area contributed by atoms with E-state index in [0.717, 1.165) is 24.3 Å². The molecule has 5 heteroatoms. The van der Waals surface area contributed by atoms with Gasteiger partial charge in [0.05, 0.1) is 31.0 Å². The Hall–Kier alpha value is -2.40. The van der Waals surface area contributed by atoms with E-state index in [1.165, 1.54) is 50.9 Å². The van der Waals surface area contributed by atoms with Gasteiger partial charge in [-0.05, 0) is 44.5 Å². The summed E-state index contributed by atoms with van der Waals surface area (Å²) in [6, 6.07) is 10.4. The molecule has 4 rings (SSSR count). The smallest absolute Gasteiger partial charge is 0.0950 e. The first kappa shape index (κ1) is 17.0. The summed E-state index contributed by atoms with van der Waals surface area (Å²) in [4.78, 5) is 6.96. The molecular formula is C21H27N5. The summed E-state index contributed by atoms with van der Waals surface area (Å²) in [6.45, 7) is 5.52. The summed E-state index contributed by atoms with van der Waals surface area (Å²) >= 11 is 0. The third-order valence-electron chi connectivity index (χ3n) is 5.15. The van der Waals surface area contributed by atoms with Crippen LogP contribution in [-0.4, -0.2) is 43.9 Å². The molecule has 1 saturated heterocycles. The fraction of sp³-hybridized carbons (Fsp3) is 0.429. The minimum absolute atomic E-state index is 0.796. The van der Waals surface area contributed by atoms with E-state index in [1.807, 2.05) is 29.5 Å². The second-order valence-corrected chi connectivity index (χ2v) is 7.14. The first-order valence-corrected chi connectivity index (χ1v) is 9.68. The third kappa shape index (κ3) is 4.22. The van der Waals surface area contributed by atoms with E-state index in [-0.39, 0.29) is 0 Å². The summed E-state index contributed by atoms with van der Waals surface area (Å²) in [5.74, 6) is 0. The number of piperidine rings is 1. The number of aromatic nitrogens is 4. The standard InChI is InChI=1S/C21H27N5/c1-3-8-19(9-4-1)16-26-17-20(14-23-26)21-15-22-18-25(21)13-7-12-24-10-5-2-6-11-24/h1,3-4,8-9,14-15,17-18H,2,5-7,10-13,16H2. The summed E-state index contributed by atoms with van der Waals surface area (Å²) in [5, 5.41) is 4.53. The molecule has 1 aromatic carbocycles. The molecule has 5 nitrogen and oxygen atoms in total. The zero-order chi connectivity index (χ0) is 17.6. The fourth-order valence-electron chi connectivity index (χ4n) is 3.74. The largest absolute Gasteiger partial charge is 0.330 e. The van der Waals surface area contributed by atoms with Gasteiger partial charge in [0.1, 0.15) is 0 Å². The number of hydrogen-bond acceptors (Lipinski definition) is 3. The second kappa shape index (κ2) is 8.32. The molecule has 1 fully saturated rings. The minimum atomic E-state index is 0.796. The zero-order valence-corrected chi connectivity index (χ0v) is 15.3. The Morgan fingerprint density at radius 3 is 2.62 bits per heavy atom. The molecule has 0 bridgehead atoms. The molecule has 136 valence electrons. The highest BCUT2D eigenvalue weighted by molar-refractivity contribution is 5.56. The van der Waals surface area contributed by atoms with Crippen LogP contribution in [0.25, 0.3) is 11.3 Å². The van der Waals surface area contributed by atoms with Crippen LogP contribution in [0.2, 0.25) is 0 Å². The number of hydrogen-bond donors (Lipinski definition) is 0. The van der Waals surface area contributed by atoms with Crippen LogP contribution in [-0.2, 0) is 13.1 Å². The SMILES string of the molecule is c1ccc(Cn2cc(-c3cncn3CCCN3CCCCC3)cn2)cc1. The highest BCUT2D eigenvalue weighted by Crippen LogP contribution is 2.19. The van der Waals surface area contributed by atoms with Crippen LogP contribution < -0.4 is 0 Å². The van der Waals surface area contributed by atoms with Crippen molar-refractivity contribution in [2.75, 3.05) is 19.6 Å². The zero-order valence-electron chi connectivity index (χ0n) is 15.3. The van der Waals surface area contributed by atoms with Crippen molar-refractivity contribution in [1.29, 1.82) is 0 Å². The maximum Gasteiger partial charge on any atom is 0.0950 e. The van der Waals surface area contributed by atoms with Crippen molar-refractivity contribution in [2.45, 2.75) is 38.8 Å². The van der Waals surface area contributed by atoms with E-state index < -0.39 is 0 Å². The first-order chi connectivity index (χ1) is 12.9. The number of benzene rings is 1. The molecule has 0 radical (unpaired) electrons. The van der Waals surface area contributed by atoms with Crippen molar-refractivity contribution in [1.82, 2.24) is 24.2 Å². The van der Waals surface area contributed by atoms with Gasteiger partial charge in [-0.15, -0.1) is 0 Å². The number of nitrogens with zero attached hydrogens (tertiary/aromatic N) is 5. The van der Waals surface area contributed by atoms with Gasteiger partial charge in [0.25, 0.3) is 0 Å². The van der Waals surface area contributed by atoms with Crippen LogP contribution in [0.15, 0.2) is 55.2 Å². The number of likely N-dealkylation sites (tertiary alicyclic amines) is 1. The van der Waals surface area contributed by atoms with Crippen molar-refractivity contribution < 1.29 is 0 Å². The van der Waals surface area contributed by atoms with Gasteiger partial charge in [-0.2, -0.15) is 5.10 Å². The molecule has 1 aliphatic rings. The van der Waals surface area contributed by atoms with Crippen molar-refractivity contribution in [3.8, 4) is 11.3 Å². The van der Waals surface area contributed by atoms with Gasteiger partial charge in [-0.1, -0.05) is 36.8 Å². The Balaban J connectivity index is 1.37. The first-order valence-electron chi connectivity index (χ1n) is 9.68. The summed E-state index contributed by atoms with van der Waals surface area (Å²) in [7, 11) is 0. The van der Waals surface area contributed by atoms with Gasteiger partial charge >= 0.3 is 0 Å². The lowest BCUT2D eigenvalue weighted by Gasteiger charge is -2.26. The Labute approximate surface area is 155 Å². The topological polar surface area (TPSA) is 38.9 Å². The lowest BCUT2D eigenvalue weighted by atomic mass is 10.1. The molecule has 0 N–H and O–H groups in total. The highest BCUT2D eigenvalue weighted by Gasteiger charge is 2.11. The monoisotopic (exact) mass is 349 g/mol. The normalized spacial score (nSPS) is 15.4. The molecule has 3 aromatic rings. The molecule has 3 heterocycles. The van der Waals surface area contributed by atoms with Gasteiger partial charge in [0.15, 0.2) is 0 Å². The Morgan fingerprint density at radius 1 is 0.923 bits per heavy atom. The van der Waals surface area contributed by atoms with Crippen molar-refractivity contribution in [3.05, 3.63) is 60.8 Å². The van der Waals surface area contributed by atoms with E-state index in [2.05, 4.69) is 50.0 Å².